The summed E-state index contributed by atoms with van der Waals surface area (Å²) in [7, 11) is 1.50. The summed E-state index contributed by atoms with van der Waals surface area (Å²) >= 11 is 0. The average Bonchev–Trinajstić information content (AvgIpc) is 2.63. The van der Waals surface area contributed by atoms with Gasteiger partial charge in [0.2, 0.25) is 0 Å². The summed E-state index contributed by atoms with van der Waals surface area (Å²) in [6.45, 7) is 6.16. The Morgan fingerprint density at radius 2 is 1.80 bits per heavy atom. The Balaban J connectivity index is 2.62. The van der Waals surface area contributed by atoms with Crippen molar-refractivity contribution in [2.45, 2.75) is 33.4 Å². The average molecular weight is 285 g/mol. The Hall–Kier alpha value is -1.65. The molecule has 2 aromatic rings. The summed E-state index contributed by atoms with van der Waals surface area (Å²) in [5.41, 5.74) is 0.871. The van der Waals surface area contributed by atoms with Crippen molar-refractivity contribution in [1.82, 2.24) is 4.73 Å². The second-order valence-electron chi connectivity index (χ2n) is 6.13. The van der Waals surface area contributed by atoms with Gasteiger partial charge < -0.3 is 4.84 Å². The van der Waals surface area contributed by atoms with Gasteiger partial charge in [0.15, 0.2) is 0 Å². The van der Waals surface area contributed by atoms with Crippen LogP contribution in [0.15, 0.2) is 24.4 Å². The van der Waals surface area contributed by atoms with Crippen LogP contribution in [-0.4, -0.2) is 11.8 Å². The van der Waals surface area contributed by atoms with E-state index in [1.54, 1.807) is 6.20 Å². The van der Waals surface area contributed by atoms with E-state index in [2.05, 4.69) is 20.8 Å². The van der Waals surface area contributed by atoms with Crippen LogP contribution in [0.4, 0.5) is 13.2 Å². The van der Waals surface area contributed by atoms with E-state index < -0.39 is 11.7 Å². The molecule has 1 aromatic carbocycles. The molecule has 2 rings (SSSR count). The van der Waals surface area contributed by atoms with Gasteiger partial charge in [-0.3, -0.25) is 0 Å². The van der Waals surface area contributed by atoms with E-state index >= 15 is 0 Å². The van der Waals surface area contributed by atoms with Gasteiger partial charge in [0.05, 0.1) is 11.1 Å². The SMILES string of the molecule is COn1cc(CC(C)(C)C)c2cc(C(F)(F)F)ccc21. The van der Waals surface area contributed by atoms with Crippen molar-refractivity contribution in [1.29, 1.82) is 0 Å². The third-order valence-corrected chi connectivity index (χ3v) is 3.10. The zero-order chi connectivity index (χ0) is 15.1. The summed E-state index contributed by atoms with van der Waals surface area (Å²) in [6, 6.07) is 3.73. The molecule has 0 atom stereocenters. The molecular formula is C15H18F3NO. The number of nitrogens with zero attached hydrogens (tertiary/aromatic N) is 1. The molecule has 110 valence electrons. The third kappa shape index (κ3) is 2.92. The number of rotatable bonds is 2. The molecule has 0 unspecified atom stereocenters. The second-order valence-corrected chi connectivity index (χ2v) is 6.13. The lowest BCUT2D eigenvalue weighted by Gasteiger charge is -2.17. The van der Waals surface area contributed by atoms with E-state index in [1.807, 2.05) is 0 Å². The number of hydrogen-bond donors (Lipinski definition) is 0. The Bertz CT molecular complexity index is 620. The molecule has 0 aliphatic carbocycles. The van der Waals surface area contributed by atoms with Gasteiger partial charge in [-0.05, 0) is 35.6 Å². The molecule has 0 saturated heterocycles. The van der Waals surface area contributed by atoms with E-state index in [0.717, 1.165) is 11.6 Å². The monoisotopic (exact) mass is 285 g/mol. The van der Waals surface area contributed by atoms with Gasteiger partial charge in [0, 0.05) is 11.6 Å². The number of aromatic nitrogens is 1. The van der Waals surface area contributed by atoms with E-state index in [1.165, 1.54) is 24.0 Å². The largest absolute Gasteiger partial charge is 0.417 e. The Kier molecular flexibility index (Phi) is 3.48. The molecule has 0 aliphatic rings. The van der Waals surface area contributed by atoms with Gasteiger partial charge >= 0.3 is 6.18 Å². The summed E-state index contributed by atoms with van der Waals surface area (Å²) in [5.74, 6) is 0. The Labute approximate surface area is 116 Å². The van der Waals surface area contributed by atoms with E-state index in [-0.39, 0.29) is 5.41 Å². The molecule has 0 N–H and O–H groups in total. The van der Waals surface area contributed by atoms with Crippen LogP contribution in [0.2, 0.25) is 0 Å². The lowest BCUT2D eigenvalue weighted by molar-refractivity contribution is -0.137. The lowest BCUT2D eigenvalue weighted by Crippen LogP contribution is -2.09. The molecule has 1 heterocycles. The standard InChI is InChI=1S/C15H18F3NO/c1-14(2,3)8-10-9-19(20-4)13-6-5-11(7-12(10)13)15(16,17)18/h5-7,9H,8H2,1-4H3. The fourth-order valence-electron chi connectivity index (χ4n) is 2.31. The van der Waals surface area contributed by atoms with Crippen molar-refractivity contribution in [2.24, 2.45) is 5.41 Å². The fourth-order valence-corrected chi connectivity index (χ4v) is 2.31. The number of halogens is 3. The molecule has 1 aromatic heterocycles. The fraction of sp³-hybridized carbons (Fsp3) is 0.467. The van der Waals surface area contributed by atoms with Crippen molar-refractivity contribution in [3.8, 4) is 0 Å². The number of alkyl halides is 3. The first-order chi connectivity index (χ1) is 9.12. The van der Waals surface area contributed by atoms with E-state index in [4.69, 9.17) is 4.84 Å². The van der Waals surface area contributed by atoms with Crippen molar-refractivity contribution in [3.63, 3.8) is 0 Å². The molecule has 5 heteroatoms. The zero-order valence-electron chi connectivity index (χ0n) is 12.0. The lowest BCUT2D eigenvalue weighted by atomic mass is 9.88. The third-order valence-electron chi connectivity index (χ3n) is 3.10. The normalized spacial score (nSPS) is 12.9. The minimum atomic E-state index is -4.33. The maximum absolute atomic E-state index is 12.8. The van der Waals surface area contributed by atoms with Crippen molar-refractivity contribution < 1.29 is 18.0 Å². The maximum Gasteiger partial charge on any atom is 0.416 e. The predicted octanol–water partition coefficient (Wildman–Crippen LogP) is 4.31. The number of hydrogen-bond acceptors (Lipinski definition) is 1. The predicted molar refractivity (Wildman–Crippen MR) is 72.6 cm³/mol. The van der Waals surface area contributed by atoms with E-state index in [9.17, 15) is 13.2 Å². The minimum absolute atomic E-state index is 0.0128. The summed E-state index contributed by atoms with van der Waals surface area (Å²) in [4.78, 5) is 5.18. The number of fused-ring (bicyclic) bond motifs is 1. The first-order valence-corrected chi connectivity index (χ1v) is 6.37. The van der Waals surface area contributed by atoms with Crippen LogP contribution < -0.4 is 4.84 Å². The highest BCUT2D eigenvalue weighted by Crippen LogP contribution is 2.34. The molecule has 2 nitrogen and oxygen atoms in total. The second kappa shape index (κ2) is 4.72. The molecule has 0 aliphatic heterocycles. The highest BCUT2D eigenvalue weighted by Gasteiger charge is 2.31. The van der Waals surface area contributed by atoms with Crippen molar-refractivity contribution in [3.05, 3.63) is 35.5 Å². The molecule has 0 fully saturated rings. The van der Waals surface area contributed by atoms with Crippen molar-refractivity contribution in [2.75, 3.05) is 7.11 Å². The molecule has 20 heavy (non-hydrogen) atoms. The Morgan fingerprint density at radius 3 is 2.30 bits per heavy atom. The Morgan fingerprint density at radius 1 is 1.15 bits per heavy atom. The maximum atomic E-state index is 12.8. The van der Waals surface area contributed by atoms with Crippen LogP contribution in [-0.2, 0) is 12.6 Å². The van der Waals surface area contributed by atoms with Crippen LogP contribution in [0.1, 0.15) is 31.9 Å². The van der Waals surface area contributed by atoms with Crippen LogP contribution in [0.3, 0.4) is 0 Å². The van der Waals surface area contributed by atoms with Crippen LogP contribution >= 0.6 is 0 Å². The molecule has 0 radical (unpaired) electrons. The topological polar surface area (TPSA) is 14.2 Å². The summed E-state index contributed by atoms with van der Waals surface area (Å²) in [6.07, 6.45) is -1.89. The number of benzene rings is 1. The molecule has 0 saturated carbocycles. The zero-order valence-corrected chi connectivity index (χ0v) is 12.0. The van der Waals surface area contributed by atoms with Gasteiger partial charge in [-0.25, -0.2) is 0 Å². The van der Waals surface area contributed by atoms with Crippen LogP contribution in [0, 0.1) is 5.41 Å². The summed E-state index contributed by atoms with van der Waals surface area (Å²) < 4.78 is 40.0. The van der Waals surface area contributed by atoms with Gasteiger partial charge in [-0.15, -0.1) is 0 Å². The van der Waals surface area contributed by atoms with Crippen LogP contribution in [0.5, 0.6) is 0 Å². The summed E-state index contributed by atoms with van der Waals surface area (Å²) in [5, 5.41) is 0.594. The van der Waals surface area contributed by atoms with Gasteiger partial charge in [0.25, 0.3) is 0 Å². The quantitative estimate of drug-likeness (QED) is 0.802. The molecule has 0 bridgehead atoms. The molecular weight excluding hydrogens is 267 g/mol. The molecule has 0 amide bonds. The van der Waals surface area contributed by atoms with E-state index in [0.29, 0.717) is 17.3 Å². The minimum Gasteiger partial charge on any atom is -0.417 e. The van der Waals surface area contributed by atoms with Crippen LogP contribution in [0.25, 0.3) is 10.9 Å². The molecule has 0 spiro atoms. The first kappa shape index (κ1) is 14.8. The smallest absolute Gasteiger partial charge is 0.416 e. The first-order valence-electron chi connectivity index (χ1n) is 6.37. The van der Waals surface area contributed by atoms with Gasteiger partial charge in [0.1, 0.15) is 7.11 Å². The highest BCUT2D eigenvalue weighted by molar-refractivity contribution is 5.84. The van der Waals surface area contributed by atoms with Gasteiger partial charge in [-0.2, -0.15) is 17.9 Å². The highest BCUT2D eigenvalue weighted by atomic mass is 19.4. The van der Waals surface area contributed by atoms with Crippen molar-refractivity contribution >= 4 is 10.9 Å². The van der Waals surface area contributed by atoms with Gasteiger partial charge in [-0.1, -0.05) is 20.8 Å².